The van der Waals surface area contributed by atoms with Gasteiger partial charge in [-0.25, -0.2) is 0 Å². The van der Waals surface area contributed by atoms with Crippen LogP contribution in [0.4, 0.5) is 0 Å². The molecule has 0 spiro atoms. The number of rotatable bonds is 6. The zero-order valence-corrected chi connectivity index (χ0v) is 12.1. The molecule has 0 aromatic heterocycles. The van der Waals surface area contributed by atoms with Gasteiger partial charge in [-0.3, -0.25) is 4.90 Å². The second-order valence-corrected chi connectivity index (χ2v) is 5.20. The van der Waals surface area contributed by atoms with Crippen molar-refractivity contribution in [2.45, 2.75) is 31.9 Å². The first-order valence-corrected chi connectivity index (χ1v) is 7.40. The van der Waals surface area contributed by atoms with Gasteiger partial charge in [0.05, 0.1) is 6.10 Å². The predicted molar refractivity (Wildman–Crippen MR) is 79.3 cm³/mol. The lowest BCUT2D eigenvalue weighted by atomic mass is 10.0. The van der Waals surface area contributed by atoms with Gasteiger partial charge in [0, 0.05) is 25.7 Å². The molecule has 1 aliphatic heterocycles. The third-order valence-corrected chi connectivity index (χ3v) is 3.83. The molecule has 19 heavy (non-hydrogen) atoms. The van der Waals surface area contributed by atoms with Gasteiger partial charge in [0.1, 0.15) is 0 Å². The summed E-state index contributed by atoms with van der Waals surface area (Å²) in [6, 6.07) is 11.2. The Hall–Kier alpha value is -0.900. The third kappa shape index (κ3) is 4.03. The van der Waals surface area contributed by atoms with E-state index < -0.39 is 0 Å². The minimum atomic E-state index is 0.404. The van der Waals surface area contributed by atoms with E-state index >= 15 is 0 Å². The molecule has 3 heteroatoms. The van der Waals surface area contributed by atoms with E-state index in [4.69, 9.17) is 4.74 Å². The van der Waals surface area contributed by atoms with Gasteiger partial charge in [0.2, 0.25) is 0 Å². The van der Waals surface area contributed by atoms with E-state index in [-0.39, 0.29) is 0 Å². The molecular formula is C16H26N2O. The maximum atomic E-state index is 5.82. The highest BCUT2D eigenvalue weighted by Gasteiger charge is 2.26. The van der Waals surface area contributed by atoms with Crippen molar-refractivity contribution in [3.05, 3.63) is 35.9 Å². The number of piperidine rings is 1. The molecule has 1 fully saturated rings. The van der Waals surface area contributed by atoms with Gasteiger partial charge in [-0.15, -0.1) is 0 Å². The molecule has 1 aromatic carbocycles. The fourth-order valence-corrected chi connectivity index (χ4v) is 2.95. The summed E-state index contributed by atoms with van der Waals surface area (Å²) in [7, 11) is 2.03. The van der Waals surface area contributed by atoms with Crippen molar-refractivity contribution in [2.75, 3.05) is 33.3 Å². The highest BCUT2D eigenvalue weighted by Crippen LogP contribution is 2.25. The normalized spacial score (nSPS) is 22.3. The van der Waals surface area contributed by atoms with Gasteiger partial charge < -0.3 is 10.1 Å². The van der Waals surface area contributed by atoms with Crippen LogP contribution in [0.2, 0.25) is 0 Å². The molecule has 2 rings (SSSR count). The lowest BCUT2D eigenvalue weighted by Crippen LogP contribution is -2.44. The van der Waals surface area contributed by atoms with Crippen molar-refractivity contribution in [2.24, 2.45) is 0 Å². The molecule has 0 radical (unpaired) electrons. The predicted octanol–water partition coefficient (Wildman–Crippen LogP) is 2.45. The van der Waals surface area contributed by atoms with Gasteiger partial charge in [-0.1, -0.05) is 30.3 Å². The molecule has 1 aliphatic rings. The molecule has 0 bridgehead atoms. The molecule has 1 heterocycles. The molecule has 1 N–H and O–H groups in total. The summed E-state index contributed by atoms with van der Waals surface area (Å²) in [4.78, 5) is 2.57. The molecule has 0 aliphatic carbocycles. The number of hydrogen-bond donors (Lipinski definition) is 1. The summed E-state index contributed by atoms with van der Waals surface area (Å²) in [6.45, 7) is 6.12. The molecule has 3 nitrogen and oxygen atoms in total. The zero-order chi connectivity index (χ0) is 13.5. The number of likely N-dealkylation sites (tertiary alicyclic amines) is 1. The first-order chi connectivity index (χ1) is 9.35. The fraction of sp³-hybridized carbons (Fsp3) is 0.625. The zero-order valence-electron chi connectivity index (χ0n) is 12.1. The Kier molecular flexibility index (Phi) is 5.83. The highest BCUT2D eigenvalue weighted by molar-refractivity contribution is 5.19. The number of nitrogens with zero attached hydrogens (tertiary/aromatic N) is 1. The lowest BCUT2D eigenvalue weighted by Gasteiger charge is -2.38. The first-order valence-electron chi connectivity index (χ1n) is 7.40. The second kappa shape index (κ2) is 7.63. The largest absolute Gasteiger partial charge is 0.377 e. The van der Waals surface area contributed by atoms with Crippen LogP contribution in [-0.4, -0.2) is 44.3 Å². The summed E-state index contributed by atoms with van der Waals surface area (Å²) in [6.07, 6.45) is 2.84. The van der Waals surface area contributed by atoms with Crippen molar-refractivity contribution >= 4 is 0 Å². The van der Waals surface area contributed by atoms with E-state index in [1.54, 1.807) is 0 Å². The summed E-state index contributed by atoms with van der Waals surface area (Å²) >= 11 is 0. The maximum absolute atomic E-state index is 5.82. The van der Waals surface area contributed by atoms with E-state index in [0.717, 1.165) is 19.7 Å². The summed E-state index contributed by atoms with van der Waals surface area (Å²) < 4.78 is 5.82. The van der Waals surface area contributed by atoms with E-state index in [1.165, 1.54) is 24.9 Å². The van der Waals surface area contributed by atoms with Crippen molar-refractivity contribution in [1.82, 2.24) is 10.2 Å². The molecular weight excluding hydrogens is 236 g/mol. The number of ether oxygens (including phenoxy) is 1. The van der Waals surface area contributed by atoms with Gasteiger partial charge in [0.25, 0.3) is 0 Å². The summed E-state index contributed by atoms with van der Waals surface area (Å²) in [5.41, 5.74) is 1.40. The Balaban J connectivity index is 2.06. The van der Waals surface area contributed by atoms with Crippen LogP contribution < -0.4 is 5.32 Å². The number of hydrogen-bond acceptors (Lipinski definition) is 3. The first kappa shape index (κ1) is 14.5. The van der Waals surface area contributed by atoms with E-state index in [2.05, 4.69) is 47.5 Å². The van der Waals surface area contributed by atoms with Crippen LogP contribution in [0.25, 0.3) is 0 Å². The minimum absolute atomic E-state index is 0.404. The lowest BCUT2D eigenvalue weighted by molar-refractivity contribution is -0.00744. The van der Waals surface area contributed by atoms with Gasteiger partial charge in [-0.2, -0.15) is 0 Å². The topological polar surface area (TPSA) is 24.5 Å². The molecule has 106 valence electrons. The van der Waals surface area contributed by atoms with Crippen LogP contribution in [0.1, 0.15) is 31.4 Å². The van der Waals surface area contributed by atoms with E-state index in [1.807, 2.05) is 7.05 Å². The minimum Gasteiger partial charge on any atom is -0.377 e. The third-order valence-electron chi connectivity index (χ3n) is 3.83. The molecule has 2 unspecified atom stereocenters. The smallest absolute Gasteiger partial charge is 0.0702 e. The van der Waals surface area contributed by atoms with Crippen LogP contribution in [0.3, 0.4) is 0 Å². The van der Waals surface area contributed by atoms with Gasteiger partial charge >= 0.3 is 0 Å². The molecule has 1 aromatic rings. The van der Waals surface area contributed by atoms with Crippen LogP contribution in [0, 0.1) is 0 Å². The van der Waals surface area contributed by atoms with Crippen molar-refractivity contribution in [3.63, 3.8) is 0 Å². The molecule has 0 amide bonds. The maximum Gasteiger partial charge on any atom is 0.0702 e. The number of nitrogens with one attached hydrogen (secondary N) is 1. The monoisotopic (exact) mass is 262 g/mol. The van der Waals surface area contributed by atoms with Crippen molar-refractivity contribution in [1.29, 1.82) is 0 Å². The SMILES string of the molecule is CCOC1CCCN(C(CNC)c2ccccc2)C1. The Morgan fingerprint density at radius 3 is 2.84 bits per heavy atom. The van der Waals surface area contributed by atoms with Crippen LogP contribution in [-0.2, 0) is 4.74 Å². The number of benzene rings is 1. The standard InChI is InChI=1S/C16H26N2O/c1-3-19-15-10-7-11-18(13-15)16(12-17-2)14-8-5-4-6-9-14/h4-6,8-9,15-17H,3,7,10-13H2,1-2H3. The van der Waals surface area contributed by atoms with Crippen molar-refractivity contribution < 1.29 is 4.74 Å². The molecule has 2 atom stereocenters. The van der Waals surface area contributed by atoms with Crippen LogP contribution in [0.15, 0.2) is 30.3 Å². The Bertz CT molecular complexity index is 353. The average molecular weight is 262 g/mol. The van der Waals surface area contributed by atoms with E-state index in [9.17, 15) is 0 Å². The Morgan fingerprint density at radius 1 is 1.37 bits per heavy atom. The molecule has 1 saturated heterocycles. The Morgan fingerprint density at radius 2 is 2.16 bits per heavy atom. The summed E-state index contributed by atoms with van der Waals surface area (Å²) in [5, 5.41) is 3.33. The fourth-order valence-electron chi connectivity index (χ4n) is 2.95. The number of likely N-dealkylation sites (N-methyl/N-ethyl adjacent to an activating group) is 1. The molecule has 0 saturated carbocycles. The highest BCUT2D eigenvalue weighted by atomic mass is 16.5. The summed E-state index contributed by atoms with van der Waals surface area (Å²) in [5.74, 6) is 0. The van der Waals surface area contributed by atoms with E-state index in [0.29, 0.717) is 12.1 Å². The average Bonchev–Trinajstić information content (AvgIpc) is 2.46. The quantitative estimate of drug-likeness (QED) is 0.852. The van der Waals surface area contributed by atoms with Gasteiger partial charge in [-0.05, 0) is 38.9 Å². The Labute approximate surface area is 116 Å². The van der Waals surface area contributed by atoms with Gasteiger partial charge in [0.15, 0.2) is 0 Å². The van der Waals surface area contributed by atoms with Crippen LogP contribution in [0.5, 0.6) is 0 Å². The van der Waals surface area contributed by atoms with Crippen LogP contribution >= 0.6 is 0 Å². The van der Waals surface area contributed by atoms with Crippen molar-refractivity contribution in [3.8, 4) is 0 Å². The second-order valence-electron chi connectivity index (χ2n) is 5.20.